The molecule has 7 N–H and O–H groups in total. The van der Waals surface area contributed by atoms with Crippen molar-refractivity contribution in [3.63, 3.8) is 0 Å². The van der Waals surface area contributed by atoms with Crippen LogP contribution in [0.25, 0.3) is 0 Å². The molecule has 2 aliphatic rings. The number of benzene rings is 1. The maximum atomic E-state index is 14.6. The molecule has 556 valence electrons. The van der Waals surface area contributed by atoms with Crippen molar-refractivity contribution in [3.05, 3.63) is 65.3 Å². The van der Waals surface area contributed by atoms with Crippen molar-refractivity contribution in [2.45, 2.75) is 163 Å². The van der Waals surface area contributed by atoms with Gasteiger partial charge in [-0.25, -0.2) is 14.4 Å². The van der Waals surface area contributed by atoms with Gasteiger partial charge in [-0.2, -0.15) is 0 Å². The molecule has 0 aromatic heterocycles. The van der Waals surface area contributed by atoms with Crippen LogP contribution in [0.5, 0.6) is 5.75 Å². The first-order valence-corrected chi connectivity index (χ1v) is 36.9. The molecule has 10 atom stereocenters. The predicted octanol–water partition coefficient (Wildman–Crippen LogP) is 4.37. The number of unbranched alkanes of at least 4 members (excludes halogenated alkanes) is 2. The molecule has 33 heteroatoms. The third-order valence-corrected chi connectivity index (χ3v) is 20.0. The molecular weight excluding hydrogens is 1330 g/mol. The van der Waals surface area contributed by atoms with E-state index >= 15 is 0 Å². The highest BCUT2D eigenvalue weighted by molar-refractivity contribution is 7.70. The fraction of sp³-hybridized carbons (Fsp3) is 0.652. The first-order valence-electron chi connectivity index (χ1n) is 33.3. The van der Waals surface area contributed by atoms with Gasteiger partial charge in [-0.3, -0.25) is 52.4 Å². The summed E-state index contributed by atoms with van der Waals surface area (Å²) in [5, 5.41) is 13.1. The second-order valence-electron chi connectivity index (χ2n) is 24.8. The number of imide groups is 1. The van der Waals surface area contributed by atoms with Crippen LogP contribution < -0.4 is 31.3 Å². The van der Waals surface area contributed by atoms with Crippen LogP contribution in [0.1, 0.15) is 126 Å². The van der Waals surface area contributed by atoms with Crippen LogP contribution in [0, 0.1) is 17.8 Å². The molecule has 0 saturated heterocycles. The molecule has 0 aliphatic carbocycles. The molecule has 4 unspecified atom stereocenters. The number of ether oxygens (including phenoxy) is 6. The Morgan fingerprint density at radius 1 is 0.747 bits per heavy atom. The quantitative estimate of drug-likeness (QED) is 0.0169. The Bertz CT molecular complexity index is 3050. The highest BCUT2D eigenvalue weighted by Crippen LogP contribution is 2.58. The Hall–Kier alpha value is -7.21. The zero-order chi connectivity index (χ0) is 74.0. The average molecular weight is 1440 g/mol. The van der Waals surface area contributed by atoms with E-state index in [4.69, 9.17) is 37.5 Å². The topological polar surface area (TPSA) is 406 Å². The third-order valence-electron chi connectivity index (χ3n) is 16.0. The second-order valence-corrected chi connectivity index (χ2v) is 29.0. The lowest BCUT2D eigenvalue weighted by Gasteiger charge is -2.33. The van der Waals surface area contributed by atoms with Gasteiger partial charge >= 0.3 is 33.2 Å². The molecule has 3 rings (SSSR count). The van der Waals surface area contributed by atoms with Gasteiger partial charge in [-0.05, 0) is 108 Å². The summed E-state index contributed by atoms with van der Waals surface area (Å²) in [4.78, 5) is 169. The molecule has 1 aromatic rings. The van der Waals surface area contributed by atoms with E-state index in [1.54, 1.807) is 26.8 Å². The van der Waals surface area contributed by atoms with Gasteiger partial charge in [0.1, 0.15) is 36.0 Å². The molecule has 1 aromatic carbocycles. The van der Waals surface area contributed by atoms with E-state index in [0.717, 1.165) is 20.3 Å². The Kier molecular flexibility index (Phi) is 38.3. The number of nitrogens with zero attached hydrogens (tertiary/aromatic N) is 3. The second kappa shape index (κ2) is 44.1. The molecule has 31 nitrogen and oxygen atoms in total. The lowest BCUT2D eigenvalue weighted by Crippen LogP contribution is -2.57. The van der Waals surface area contributed by atoms with Crippen molar-refractivity contribution in [2.24, 2.45) is 17.8 Å². The van der Waals surface area contributed by atoms with E-state index in [2.05, 4.69) is 26.6 Å². The van der Waals surface area contributed by atoms with Gasteiger partial charge in [0.25, 0.3) is 17.7 Å². The molecule has 0 spiro atoms. The van der Waals surface area contributed by atoms with E-state index in [1.807, 2.05) is 40.7 Å². The summed E-state index contributed by atoms with van der Waals surface area (Å²) < 4.78 is 68.3. The summed E-state index contributed by atoms with van der Waals surface area (Å²) in [5.74, 6) is -8.04. The lowest BCUT2D eigenvalue weighted by molar-refractivity contribution is -0.154. The van der Waals surface area contributed by atoms with Crippen LogP contribution >= 0.6 is 15.2 Å². The van der Waals surface area contributed by atoms with Gasteiger partial charge in [0.15, 0.2) is 12.0 Å². The third kappa shape index (κ3) is 32.3. The first kappa shape index (κ1) is 86.0. The number of carbonyl (C=O) groups is 11. The van der Waals surface area contributed by atoms with Crippen LogP contribution in [-0.2, 0) is 96.2 Å². The number of cyclic esters (lactones) is 2. The molecule has 0 saturated carbocycles. The molecule has 99 heavy (non-hydrogen) atoms. The minimum Gasteiger partial charge on any atom is -0.456 e. The largest absolute Gasteiger partial charge is 0.456 e. The van der Waals surface area contributed by atoms with Gasteiger partial charge < -0.3 is 83.6 Å². The SMILES string of the molecule is C/C=C(\C)[C@H]1OC(=O)[C@@H](C)NC(=O)C(C(C)CC)NC(=O)CN(C)C(=O)[C@@H](Cc2ccc(OC(=O)NCCOP(=O)(O)CP(=O)(O)OCCOCCOCCOCCNC(=O)CCCCCN3C(=O)C=CC3=O)cc2)N(C)C(=O)[C@H](C)NC(=O)[C@@H](CC(C)C)OC(=O)/C(C)=C/CC[C@@H]1C. The number of hydrogen-bond donors (Lipinski definition) is 7. The Labute approximate surface area is 579 Å². The molecule has 2 aliphatic heterocycles. The summed E-state index contributed by atoms with van der Waals surface area (Å²) in [6, 6.07) is 0.793. The minimum atomic E-state index is -4.73. The molecular formula is C66H104N8O23P2. The van der Waals surface area contributed by atoms with Crippen LogP contribution in [0.2, 0.25) is 0 Å². The number of hydrogen-bond acceptors (Lipinski definition) is 21. The van der Waals surface area contributed by atoms with Gasteiger partial charge in [0, 0.05) is 64.3 Å². The standard InChI is InChI=1S/C66H104N8O23P2/c1-13-44(5)58-61(80)70-49(10)65(84)97-59(45(6)14-2)46(7)19-18-20-47(8)64(83)96-53(39-43(3)4)60(79)69-48(9)62(81)73(12)52(63(82)72(11)41-55(76)71-58)40-50-22-24-51(25-23-50)95-66(85)68-29-32-93-98(86,87)42-99(88,89)94-38-37-92-36-35-91-34-33-90-31-28-67-54(75)21-16-15-17-30-74-56(77)26-27-57(74)78/h14,20,22-27,43-44,46,48-49,52-53,58-59H,13,15-19,21,28-42H2,1-12H3,(H,67,75)(H,68,85)(H,69,79)(H,70,80)(H,71,76)(H,86,87)(H,88,89)/b45-14+,47-20+/t44?,46-,48-,49+,52+,53+,58?,59+/m0/s1. The predicted molar refractivity (Wildman–Crippen MR) is 362 cm³/mol. The van der Waals surface area contributed by atoms with Gasteiger partial charge in [-0.1, -0.05) is 71.7 Å². The number of allylic oxidation sites excluding steroid dienone is 2. The van der Waals surface area contributed by atoms with Gasteiger partial charge in [0.2, 0.25) is 29.5 Å². The fourth-order valence-electron chi connectivity index (χ4n) is 9.98. The van der Waals surface area contributed by atoms with Crippen molar-refractivity contribution in [1.29, 1.82) is 0 Å². The number of amides is 9. The van der Waals surface area contributed by atoms with Crippen LogP contribution in [0.4, 0.5) is 4.79 Å². The summed E-state index contributed by atoms with van der Waals surface area (Å²) in [6.45, 7) is 16.6. The minimum absolute atomic E-state index is 0.00718. The fourth-order valence-corrected chi connectivity index (χ4v) is 13.2. The summed E-state index contributed by atoms with van der Waals surface area (Å²) in [7, 11) is -6.74. The Morgan fingerprint density at radius 2 is 1.33 bits per heavy atom. The van der Waals surface area contributed by atoms with Crippen LogP contribution in [0.3, 0.4) is 0 Å². The highest BCUT2D eigenvalue weighted by Gasteiger charge is 2.38. The van der Waals surface area contributed by atoms with Crippen molar-refractivity contribution < 1.29 is 109 Å². The van der Waals surface area contributed by atoms with E-state index in [9.17, 15) is 71.7 Å². The summed E-state index contributed by atoms with van der Waals surface area (Å²) in [5.41, 5.74) is 1.40. The maximum Gasteiger partial charge on any atom is 0.412 e. The average Bonchev–Trinajstić information content (AvgIpc) is 1.42. The summed E-state index contributed by atoms with van der Waals surface area (Å²) >= 11 is 0. The number of nitrogens with one attached hydrogen (secondary N) is 5. The van der Waals surface area contributed by atoms with Crippen molar-refractivity contribution in [1.82, 2.24) is 41.3 Å². The molecule has 9 amide bonds. The van der Waals surface area contributed by atoms with E-state index in [1.165, 1.54) is 64.4 Å². The van der Waals surface area contributed by atoms with Crippen molar-refractivity contribution in [2.75, 3.05) is 99.0 Å². The molecule has 0 bridgehead atoms. The van der Waals surface area contributed by atoms with Crippen molar-refractivity contribution in [3.8, 4) is 5.75 Å². The molecule has 0 radical (unpaired) electrons. The van der Waals surface area contributed by atoms with Gasteiger partial charge in [-0.15, -0.1) is 0 Å². The maximum absolute atomic E-state index is 14.6. The van der Waals surface area contributed by atoms with E-state index in [-0.39, 0.29) is 99.9 Å². The molecule has 2 heterocycles. The van der Waals surface area contributed by atoms with Crippen molar-refractivity contribution >= 4 is 80.5 Å². The molecule has 0 fully saturated rings. The highest BCUT2D eigenvalue weighted by atomic mass is 31.2. The van der Waals surface area contributed by atoms with Crippen LogP contribution in [0.15, 0.2) is 59.7 Å². The number of carbonyl (C=O) groups excluding carboxylic acids is 11. The van der Waals surface area contributed by atoms with E-state index in [0.29, 0.717) is 63.6 Å². The van der Waals surface area contributed by atoms with E-state index < -0.39 is 131 Å². The van der Waals surface area contributed by atoms with Crippen LogP contribution in [-0.4, -0.2) is 225 Å². The van der Waals surface area contributed by atoms with Gasteiger partial charge in [0.05, 0.1) is 59.4 Å². The number of likely N-dealkylation sites (N-methyl/N-ethyl adjacent to an activating group) is 2. The number of rotatable bonds is 33. The lowest BCUT2D eigenvalue weighted by atomic mass is 9.93. The Balaban J connectivity index is 1.56. The zero-order valence-electron chi connectivity index (χ0n) is 59.1. The summed E-state index contributed by atoms with van der Waals surface area (Å²) in [6.07, 6.45) is 6.27. The zero-order valence-corrected chi connectivity index (χ0v) is 60.9. The Morgan fingerprint density at radius 3 is 1.94 bits per heavy atom. The normalized spacial score (nSPS) is 23.1. The smallest absolute Gasteiger partial charge is 0.412 e. The number of esters is 2. The monoisotopic (exact) mass is 1440 g/mol. The first-order chi connectivity index (χ1) is 46.7.